The van der Waals surface area contributed by atoms with Gasteiger partial charge >= 0.3 is 18.3 Å². The highest BCUT2D eigenvalue weighted by molar-refractivity contribution is 7.93. The van der Waals surface area contributed by atoms with Gasteiger partial charge in [-0.1, -0.05) is 13.8 Å². The van der Waals surface area contributed by atoms with Crippen LogP contribution in [0.25, 0.3) is 5.82 Å². The van der Waals surface area contributed by atoms with Gasteiger partial charge in [0, 0.05) is 23.1 Å². The third-order valence-corrected chi connectivity index (χ3v) is 7.87. The first-order valence-corrected chi connectivity index (χ1v) is 13.5. The fourth-order valence-electron chi connectivity index (χ4n) is 3.42. The van der Waals surface area contributed by atoms with Crippen LogP contribution in [0.15, 0.2) is 35.0 Å². The Hall–Kier alpha value is -3.89. The Balaban J connectivity index is 1.96. The summed E-state index contributed by atoms with van der Waals surface area (Å²) >= 11 is 0. The zero-order valence-electron chi connectivity index (χ0n) is 21.5. The third-order valence-electron chi connectivity index (χ3n) is 5.56. The quantitative estimate of drug-likeness (QED) is 0.399. The smallest absolute Gasteiger partial charge is 0.342 e. The molecule has 0 bridgehead atoms. The molecule has 1 N–H and O–H groups in total. The van der Waals surface area contributed by atoms with Gasteiger partial charge in [-0.25, -0.2) is 19.2 Å². The molecule has 0 fully saturated rings. The Morgan fingerprint density at radius 3 is 2.10 bits per heavy atom. The van der Waals surface area contributed by atoms with E-state index in [9.17, 15) is 40.1 Å². The van der Waals surface area contributed by atoms with Crippen LogP contribution in [0, 0.1) is 6.92 Å². The zero-order valence-corrected chi connectivity index (χ0v) is 22.3. The first-order chi connectivity index (χ1) is 18.5. The molecule has 2 heterocycles. The van der Waals surface area contributed by atoms with Crippen LogP contribution >= 0.6 is 0 Å². The number of hydrogen-bond donors (Lipinski definition) is 1. The van der Waals surface area contributed by atoms with Crippen LogP contribution in [-0.2, 0) is 22.1 Å². The van der Waals surface area contributed by atoms with E-state index in [0.29, 0.717) is 12.1 Å². The van der Waals surface area contributed by atoms with Crippen LogP contribution in [0.3, 0.4) is 0 Å². The largest absolute Gasteiger partial charge is 0.416 e. The van der Waals surface area contributed by atoms with Crippen LogP contribution in [0.1, 0.15) is 70.4 Å². The van der Waals surface area contributed by atoms with Crippen molar-refractivity contribution in [1.82, 2.24) is 30.0 Å². The minimum atomic E-state index is -5.13. The number of rotatable bonds is 7. The molecule has 10 nitrogen and oxygen atoms in total. The van der Waals surface area contributed by atoms with Crippen LogP contribution in [0.4, 0.5) is 26.3 Å². The zero-order chi connectivity index (χ0) is 30.0. The molecule has 0 saturated heterocycles. The molecule has 1 atom stereocenters. The summed E-state index contributed by atoms with van der Waals surface area (Å²) in [5.74, 6) is -1.65. The number of alkyl halides is 6. The molecular weight excluding hydrogens is 568 g/mol. The van der Waals surface area contributed by atoms with Crippen molar-refractivity contribution in [2.45, 2.75) is 46.1 Å². The molecule has 0 spiro atoms. The summed E-state index contributed by atoms with van der Waals surface area (Å²) in [7, 11) is -2.78. The molecule has 0 radical (unpaired) electrons. The summed E-state index contributed by atoms with van der Waals surface area (Å²) in [6.45, 7) is 6.10. The van der Waals surface area contributed by atoms with Crippen LogP contribution in [-0.4, -0.2) is 52.3 Å². The third kappa shape index (κ3) is 7.00. The maximum Gasteiger partial charge on any atom is 0.416 e. The standard InChI is InChI=1S/C23H23F6N7O3S/c1-5-40(39,6-2)35-21(38)17-10-18(31-11-30-17)36-19(33-13(4)34-36)12(3)32-20(37)14-7-15(22(24,25)26)9-16(8-14)23(27,28)29/h7-12H,5-6H2,1-4H3,(H,32,37)/t12-/m0/s1. The lowest BCUT2D eigenvalue weighted by molar-refractivity contribution is -0.143. The average molecular weight is 592 g/mol. The van der Waals surface area contributed by atoms with E-state index in [0.717, 1.165) is 11.0 Å². The number of amides is 2. The van der Waals surface area contributed by atoms with E-state index < -0.39 is 56.6 Å². The molecule has 0 saturated carbocycles. The minimum absolute atomic E-state index is 0.00572. The fourth-order valence-corrected chi connectivity index (χ4v) is 4.48. The second-order valence-electron chi connectivity index (χ2n) is 8.43. The highest BCUT2D eigenvalue weighted by Gasteiger charge is 2.37. The van der Waals surface area contributed by atoms with Gasteiger partial charge in [0.2, 0.25) is 0 Å². The van der Waals surface area contributed by atoms with Gasteiger partial charge in [0.1, 0.15) is 17.8 Å². The molecule has 0 aliphatic heterocycles. The van der Waals surface area contributed by atoms with Crippen molar-refractivity contribution in [1.29, 1.82) is 0 Å². The molecule has 2 amide bonds. The van der Waals surface area contributed by atoms with E-state index in [1.807, 2.05) is 0 Å². The van der Waals surface area contributed by atoms with Crippen molar-refractivity contribution >= 4 is 21.5 Å². The number of nitrogens with one attached hydrogen (secondary N) is 1. The summed E-state index contributed by atoms with van der Waals surface area (Å²) in [5, 5.41) is 6.46. The Bertz CT molecular complexity index is 1520. The summed E-state index contributed by atoms with van der Waals surface area (Å²) in [6, 6.07) is 0.620. The topological polar surface area (TPSA) is 132 Å². The highest BCUT2D eigenvalue weighted by atomic mass is 32.2. The Morgan fingerprint density at radius 2 is 1.57 bits per heavy atom. The second-order valence-corrected chi connectivity index (χ2v) is 11.3. The Morgan fingerprint density at radius 1 is 1.00 bits per heavy atom. The molecule has 17 heteroatoms. The normalized spacial score (nSPS) is 13.2. The van der Waals surface area contributed by atoms with Crippen molar-refractivity contribution in [3.63, 3.8) is 0 Å². The van der Waals surface area contributed by atoms with Crippen LogP contribution in [0.2, 0.25) is 0 Å². The molecule has 0 aliphatic rings. The fraction of sp³-hybridized carbons (Fsp3) is 0.391. The van der Waals surface area contributed by atoms with E-state index in [2.05, 4.69) is 29.7 Å². The van der Waals surface area contributed by atoms with Gasteiger partial charge in [-0.3, -0.25) is 9.59 Å². The first-order valence-electron chi connectivity index (χ1n) is 11.6. The van der Waals surface area contributed by atoms with E-state index in [-0.39, 0.29) is 40.7 Å². The number of carbonyl (C=O) groups is 2. The molecule has 1 aromatic carbocycles. The number of aromatic nitrogens is 5. The summed E-state index contributed by atoms with van der Waals surface area (Å²) in [4.78, 5) is 37.4. The number of carbonyl (C=O) groups excluding carboxylic acids is 2. The number of nitrogens with zero attached hydrogens (tertiary/aromatic N) is 6. The number of benzene rings is 1. The molecule has 0 aliphatic carbocycles. The average Bonchev–Trinajstić information content (AvgIpc) is 3.29. The molecular formula is C23H23F6N7O3S. The maximum atomic E-state index is 13.2. The lowest BCUT2D eigenvalue weighted by atomic mass is 10.0. The monoisotopic (exact) mass is 591 g/mol. The van der Waals surface area contributed by atoms with E-state index in [4.69, 9.17) is 0 Å². The van der Waals surface area contributed by atoms with E-state index in [1.54, 1.807) is 13.8 Å². The van der Waals surface area contributed by atoms with Crippen molar-refractivity contribution in [2.75, 3.05) is 11.5 Å². The molecule has 2 aromatic heterocycles. The SMILES string of the molecule is CCS(=O)(CC)=NC(=O)c1cc(-n2nc(C)nc2[C@H](C)NC(=O)c2cc(C(F)(F)F)cc(C(F)(F)F)c2)ncn1. The number of aryl methyl sites for hydroxylation is 1. The van der Waals surface area contributed by atoms with Gasteiger partial charge in [0.05, 0.1) is 26.9 Å². The first kappa shape index (κ1) is 30.6. The maximum absolute atomic E-state index is 13.2. The molecule has 0 unspecified atom stereocenters. The lowest BCUT2D eigenvalue weighted by Crippen LogP contribution is -2.29. The van der Waals surface area contributed by atoms with Gasteiger partial charge in [-0.15, -0.1) is 5.10 Å². The van der Waals surface area contributed by atoms with Gasteiger partial charge in [-0.2, -0.15) is 35.4 Å². The number of hydrogen-bond acceptors (Lipinski definition) is 7. The van der Waals surface area contributed by atoms with Gasteiger partial charge in [0.15, 0.2) is 11.6 Å². The summed E-state index contributed by atoms with van der Waals surface area (Å²) < 4.78 is 96.7. The van der Waals surface area contributed by atoms with Crippen molar-refractivity contribution in [3.05, 3.63) is 64.6 Å². The molecule has 3 aromatic rings. The Labute approximate surface area is 224 Å². The molecule has 3 rings (SSSR count). The van der Waals surface area contributed by atoms with E-state index in [1.165, 1.54) is 19.9 Å². The van der Waals surface area contributed by atoms with Crippen molar-refractivity contribution in [2.24, 2.45) is 4.36 Å². The van der Waals surface area contributed by atoms with Crippen molar-refractivity contribution < 1.29 is 40.1 Å². The molecule has 216 valence electrons. The molecule has 40 heavy (non-hydrogen) atoms. The number of halogens is 6. The van der Waals surface area contributed by atoms with Gasteiger partial charge in [0.25, 0.3) is 5.91 Å². The second kappa shape index (κ2) is 11.3. The minimum Gasteiger partial charge on any atom is -0.342 e. The Kier molecular flexibility index (Phi) is 8.66. The highest BCUT2D eigenvalue weighted by Crippen LogP contribution is 2.36. The van der Waals surface area contributed by atoms with Crippen molar-refractivity contribution in [3.8, 4) is 5.82 Å². The van der Waals surface area contributed by atoms with Gasteiger partial charge < -0.3 is 5.32 Å². The summed E-state index contributed by atoms with van der Waals surface area (Å²) in [5.41, 5.74) is -4.36. The predicted molar refractivity (Wildman–Crippen MR) is 130 cm³/mol. The lowest BCUT2D eigenvalue weighted by Gasteiger charge is -2.17. The van der Waals surface area contributed by atoms with Crippen LogP contribution < -0.4 is 5.32 Å². The summed E-state index contributed by atoms with van der Waals surface area (Å²) in [6.07, 6.45) is -9.24. The van der Waals surface area contributed by atoms with E-state index >= 15 is 0 Å². The predicted octanol–water partition coefficient (Wildman–Crippen LogP) is 4.54. The van der Waals surface area contributed by atoms with Gasteiger partial charge in [-0.05, 0) is 32.0 Å². The van der Waals surface area contributed by atoms with Crippen LogP contribution in [0.5, 0.6) is 0 Å².